The van der Waals surface area contributed by atoms with Crippen LogP contribution in [0.15, 0.2) is 54.9 Å². The third kappa shape index (κ3) is 4.25. The molecule has 0 aliphatic carbocycles. The molecule has 1 saturated heterocycles. The minimum Gasteiger partial charge on any atom is -0.489 e. The molecular weight excluding hydrogens is 304 g/mol. The Morgan fingerprint density at radius 1 is 1.12 bits per heavy atom. The summed E-state index contributed by atoms with van der Waals surface area (Å²) in [6.07, 6.45) is 4.72. The van der Waals surface area contributed by atoms with E-state index >= 15 is 0 Å². The molecule has 0 spiro atoms. The second-order valence-corrected chi connectivity index (χ2v) is 5.90. The number of aromatic nitrogens is 1. The highest BCUT2D eigenvalue weighted by Gasteiger charge is 2.27. The van der Waals surface area contributed by atoms with Crippen LogP contribution in [0.4, 0.5) is 0 Å². The van der Waals surface area contributed by atoms with Crippen molar-refractivity contribution in [2.45, 2.75) is 32.0 Å². The molecule has 0 bridgehead atoms. The Hall–Kier alpha value is -2.56. The number of carbonyl (C=O) groups is 1. The summed E-state index contributed by atoms with van der Waals surface area (Å²) in [4.78, 5) is 18.4. The summed E-state index contributed by atoms with van der Waals surface area (Å²) >= 11 is 0. The summed E-state index contributed by atoms with van der Waals surface area (Å²) in [6.45, 7) is 3.17. The second kappa shape index (κ2) is 7.81. The Morgan fingerprint density at radius 3 is 2.50 bits per heavy atom. The average Bonchev–Trinajstić information content (AvgIpc) is 2.63. The van der Waals surface area contributed by atoms with E-state index in [9.17, 15) is 4.79 Å². The molecule has 5 nitrogen and oxygen atoms in total. The lowest BCUT2D eigenvalue weighted by Crippen LogP contribution is -2.46. The lowest BCUT2D eigenvalue weighted by Gasteiger charge is -2.33. The number of rotatable bonds is 5. The molecule has 1 amide bonds. The van der Waals surface area contributed by atoms with Crippen LogP contribution in [0.1, 0.15) is 19.8 Å². The molecule has 1 aromatic carbocycles. The van der Waals surface area contributed by atoms with E-state index in [0.29, 0.717) is 18.8 Å². The normalized spacial score (nSPS) is 16.5. The van der Waals surface area contributed by atoms with Crippen LogP contribution in [-0.4, -0.2) is 41.1 Å². The van der Waals surface area contributed by atoms with Crippen molar-refractivity contribution in [1.82, 2.24) is 9.88 Å². The molecule has 0 radical (unpaired) electrons. The van der Waals surface area contributed by atoms with Gasteiger partial charge in [0.25, 0.3) is 5.91 Å². The third-order valence-corrected chi connectivity index (χ3v) is 4.09. The molecular formula is C19H22N2O3. The van der Waals surface area contributed by atoms with Crippen molar-refractivity contribution < 1.29 is 14.3 Å². The lowest BCUT2D eigenvalue weighted by atomic mass is 10.1. The Bertz CT molecular complexity index is 640. The largest absolute Gasteiger partial charge is 0.489 e. The summed E-state index contributed by atoms with van der Waals surface area (Å²) in [5, 5.41) is 0. The molecule has 0 saturated carbocycles. The van der Waals surface area contributed by atoms with Gasteiger partial charge in [0.1, 0.15) is 17.6 Å². The van der Waals surface area contributed by atoms with Crippen LogP contribution >= 0.6 is 0 Å². The van der Waals surface area contributed by atoms with Crippen LogP contribution in [0.2, 0.25) is 0 Å². The number of hydrogen-bond donors (Lipinski definition) is 0. The number of nitrogens with zero attached hydrogens (tertiary/aromatic N) is 2. The average molecular weight is 326 g/mol. The Balaban J connectivity index is 1.48. The van der Waals surface area contributed by atoms with Crippen molar-refractivity contribution in [2.75, 3.05) is 13.1 Å². The molecule has 126 valence electrons. The topological polar surface area (TPSA) is 51.7 Å². The van der Waals surface area contributed by atoms with Gasteiger partial charge in [0.2, 0.25) is 0 Å². The SMILES string of the molecule is CC(Oc1ccccc1)C(=O)N1CCC(Oc2cccnc2)CC1. The van der Waals surface area contributed by atoms with Crippen molar-refractivity contribution in [2.24, 2.45) is 0 Å². The number of pyridine rings is 1. The summed E-state index contributed by atoms with van der Waals surface area (Å²) in [7, 11) is 0. The Kier molecular flexibility index (Phi) is 5.31. The first-order valence-electron chi connectivity index (χ1n) is 8.29. The van der Waals surface area contributed by atoms with Gasteiger partial charge in [-0.15, -0.1) is 0 Å². The van der Waals surface area contributed by atoms with E-state index in [0.717, 1.165) is 18.6 Å². The molecule has 1 aliphatic rings. The Labute approximate surface area is 142 Å². The maximum atomic E-state index is 12.5. The van der Waals surface area contributed by atoms with Gasteiger partial charge < -0.3 is 14.4 Å². The smallest absolute Gasteiger partial charge is 0.263 e. The van der Waals surface area contributed by atoms with E-state index in [-0.39, 0.29) is 12.0 Å². The molecule has 2 heterocycles. The number of ether oxygens (including phenoxy) is 2. The molecule has 1 aromatic heterocycles. The highest BCUT2D eigenvalue weighted by Crippen LogP contribution is 2.19. The van der Waals surface area contributed by atoms with Crippen molar-refractivity contribution in [3.8, 4) is 11.5 Å². The number of piperidine rings is 1. The maximum Gasteiger partial charge on any atom is 0.263 e. The number of benzene rings is 1. The van der Waals surface area contributed by atoms with Crippen molar-refractivity contribution in [3.05, 3.63) is 54.9 Å². The summed E-state index contributed by atoms with van der Waals surface area (Å²) in [5.74, 6) is 1.52. The Morgan fingerprint density at radius 2 is 1.83 bits per heavy atom. The van der Waals surface area contributed by atoms with E-state index in [4.69, 9.17) is 9.47 Å². The quantitative estimate of drug-likeness (QED) is 0.848. The van der Waals surface area contributed by atoms with Crippen molar-refractivity contribution in [3.63, 3.8) is 0 Å². The van der Waals surface area contributed by atoms with E-state index in [1.807, 2.05) is 47.4 Å². The van der Waals surface area contributed by atoms with Crippen LogP contribution in [-0.2, 0) is 4.79 Å². The third-order valence-electron chi connectivity index (χ3n) is 4.09. The van der Waals surface area contributed by atoms with Crippen LogP contribution in [0.3, 0.4) is 0 Å². The predicted octanol–water partition coefficient (Wildman–Crippen LogP) is 2.92. The first-order chi connectivity index (χ1) is 11.7. The van der Waals surface area contributed by atoms with Gasteiger partial charge in [0, 0.05) is 32.1 Å². The molecule has 1 unspecified atom stereocenters. The van der Waals surface area contributed by atoms with Crippen molar-refractivity contribution in [1.29, 1.82) is 0 Å². The van der Waals surface area contributed by atoms with Crippen LogP contribution in [0, 0.1) is 0 Å². The molecule has 2 aromatic rings. The molecule has 1 atom stereocenters. The fourth-order valence-corrected chi connectivity index (χ4v) is 2.81. The second-order valence-electron chi connectivity index (χ2n) is 5.90. The number of hydrogen-bond acceptors (Lipinski definition) is 4. The molecule has 1 aliphatic heterocycles. The van der Waals surface area contributed by atoms with E-state index in [1.54, 1.807) is 19.3 Å². The fourth-order valence-electron chi connectivity index (χ4n) is 2.81. The van der Waals surface area contributed by atoms with Gasteiger partial charge in [0.15, 0.2) is 6.10 Å². The van der Waals surface area contributed by atoms with Crippen LogP contribution < -0.4 is 9.47 Å². The van der Waals surface area contributed by atoms with E-state index < -0.39 is 6.10 Å². The molecule has 0 N–H and O–H groups in total. The summed E-state index contributed by atoms with van der Waals surface area (Å²) in [6, 6.07) is 13.2. The van der Waals surface area contributed by atoms with Gasteiger partial charge in [-0.2, -0.15) is 0 Å². The highest BCUT2D eigenvalue weighted by atomic mass is 16.5. The van der Waals surface area contributed by atoms with Gasteiger partial charge in [-0.25, -0.2) is 0 Å². The molecule has 1 fully saturated rings. The number of likely N-dealkylation sites (tertiary alicyclic amines) is 1. The zero-order valence-corrected chi connectivity index (χ0v) is 13.8. The first-order valence-corrected chi connectivity index (χ1v) is 8.29. The standard InChI is InChI=1S/C19H22N2O3/c1-15(23-16-6-3-2-4-7-16)19(22)21-12-9-17(10-13-21)24-18-8-5-11-20-14-18/h2-8,11,14-15,17H,9-10,12-13H2,1H3. The van der Waals surface area contributed by atoms with Gasteiger partial charge >= 0.3 is 0 Å². The summed E-state index contributed by atoms with van der Waals surface area (Å²) < 4.78 is 11.6. The molecule has 5 heteroatoms. The monoisotopic (exact) mass is 326 g/mol. The van der Waals surface area contributed by atoms with Gasteiger partial charge in [-0.05, 0) is 31.2 Å². The number of amides is 1. The van der Waals surface area contributed by atoms with E-state index in [1.165, 1.54) is 0 Å². The van der Waals surface area contributed by atoms with Crippen LogP contribution in [0.5, 0.6) is 11.5 Å². The molecule has 3 rings (SSSR count). The lowest BCUT2D eigenvalue weighted by molar-refractivity contribution is -0.139. The van der Waals surface area contributed by atoms with Gasteiger partial charge in [0.05, 0.1) is 6.20 Å². The zero-order valence-electron chi connectivity index (χ0n) is 13.8. The van der Waals surface area contributed by atoms with Crippen LogP contribution in [0.25, 0.3) is 0 Å². The minimum atomic E-state index is -0.483. The van der Waals surface area contributed by atoms with Gasteiger partial charge in [-0.1, -0.05) is 18.2 Å². The highest BCUT2D eigenvalue weighted by molar-refractivity contribution is 5.81. The van der Waals surface area contributed by atoms with Crippen molar-refractivity contribution >= 4 is 5.91 Å². The van der Waals surface area contributed by atoms with E-state index in [2.05, 4.69) is 4.98 Å². The zero-order chi connectivity index (χ0) is 16.8. The fraction of sp³-hybridized carbons (Fsp3) is 0.368. The number of carbonyl (C=O) groups excluding carboxylic acids is 1. The molecule has 24 heavy (non-hydrogen) atoms. The maximum absolute atomic E-state index is 12.5. The summed E-state index contributed by atoms with van der Waals surface area (Å²) in [5.41, 5.74) is 0. The predicted molar refractivity (Wildman–Crippen MR) is 91.0 cm³/mol. The number of para-hydroxylation sites is 1. The minimum absolute atomic E-state index is 0.0266. The first kappa shape index (κ1) is 16.3. The van der Waals surface area contributed by atoms with Gasteiger partial charge in [-0.3, -0.25) is 9.78 Å².